The summed E-state index contributed by atoms with van der Waals surface area (Å²) >= 11 is 0. The van der Waals surface area contributed by atoms with Crippen molar-refractivity contribution in [3.63, 3.8) is 0 Å². The van der Waals surface area contributed by atoms with Crippen LogP contribution in [0.15, 0.2) is 0 Å². The predicted octanol–water partition coefficient (Wildman–Crippen LogP) is 0.512. The molecule has 0 unspecified atom stereocenters. The molecule has 1 aliphatic rings. The average molecular weight is 170 g/mol. The third-order valence-corrected chi connectivity index (χ3v) is 2.03. The molecule has 70 valence electrons. The Morgan fingerprint density at radius 2 is 2.25 bits per heavy atom. The van der Waals surface area contributed by atoms with Gasteiger partial charge in [0.25, 0.3) is 0 Å². The van der Waals surface area contributed by atoms with Gasteiger partial charge in [-0.25, -0.2) is 0 Å². The fourth-order valence-corrected chi connectivity index (χ4v) is 1.12. The van der Waals surface area contributed by atoms with Gasteiger partial charge in [-0.2, -0.15) is 0 Å². The Balaban J connectivity index is 1.83. The number of hydrogen-bond acceptors (Lipinski definition) is 2. The summed E-state index contributed by atoms with van der Waals surface area (Å²) in [5.41, 5.74) is 0. The number of carbonyl (C=O) groups is 1. The van der Waals surface area contributed by atoms with E-state index in [0.29, 0.717) is 6.42 Å². The standard InChI is InChI=1S/C9H18N2O/c1-2-11-9(12)5-6-10-7-8-3-4-8/h8,10H,2-7H2,1H3,(H,11,12). The molecule has 0 aromatic rings. The number of nitrogens with one attached hydrogen (secondary N) is 2. The van der Waals surface area contributed by atoms with Crippen LogP contribution in [0, 0.1) is 5.92 Å². The van der Waals surface area contributed by atoms with Crippen molar-refractivity contribution in [1.82, 2.24) is 10.6 Å². The van der Waals surface area contributed by atoms with Crippen LogP contribution in [0.25, 0.3) is 0 Å². The van der Waals surface area contributed by atoms with E-state index in [9.17, 15) is 4.79 Å². The van der Waals surface area contributed by atoms with Crippen LogP contribution in [0.2, 0.25) is 0 Å². The van der Waals surface area contributed by atoms with E-state index in [-0.39, 0.29) is 5.91 Å². The van der Waals surface area contributed by atoms with Crippen molar-refractivity contribution < 1.29 is 4.79 Å². The van der Waals surface area contributed by atoms with Crippen LogP contribution >= 0.6 is 0 Å². The maximum absolute atomic E-state index is 11.0. The molecule has 1 aliphatic carbocycles. The van der Waals surface area contributed by atoms with Crippen LogP contribution in [-0.2, 0) is 4.79 Å². The lowest BCUT2D eigenvalue weighted by atomic mass is 10.3. The van der Waals surface area contributed by atoms with Gasteiger partial charge in [0, 0.05) is 19.5 Å². The van der Waals surface area contributed by atoms with Crippen LogP contribution in [0.5, 0.6) is 0 Å². The van der Waals surface area contributed by atoms with Crippen molar-refractivity contribution in [2.75, 3.05) is 19.6 Å². The third-order valence-electron chi connectivity index (χ3n) is 2.03. The fraction of sp³-hybridized carbons (Fsp3) is 0.889. The lowest BCUT2D eigenvalue weighted by Gasteiger charge is -2.03. The highest BCUT2D eigenvalue weighted by molar-refractivity contribution is 5.75. The topological polar surface area (TPSA) is 41.1 Å². The lowest BCUT2D eigenvalue weighted by molar-refractivity contribution is -0.120. The highest BCUT2D eigenvalue weighted by Crippen LogP contribution is 2.27. The number of carbonyl (C=O) groups excluding carboxylic acids is 1. The second kappa shape index (κ2) is 5.14. The van der Waals surface area contributed by atoms with E-state index >= 15 is 0 Å². The quantitative estimate of drug-likeness (QED) is 0.570. The second-order valence-corrected chi connectivity index (χ2v) is 3.35. The Morgan fingerprint density at radius 3 is 2.83 bits per heavy atom. The molecule has 3 heteroatoms. The Labute approximate surface area is 73.9 Å². The van der Waals surface area contributed by atoms with E-state index in [4.69, 9.17) is 0 Å². The molecule has 0 heterocycles. The maximum Gasteiger partial charge on any atom is 0.221 e. The molecule has 0 bridgehead atoms. The molecule has 2 N–H and O–H groups in total. The van der Waals surface area contributed by atoms with Crippen molar-refractivity contribution in [3.8, 4) is 0 Å². The van der Waals surface area contributed by atoms with E-state index < -0.39 is 0 Å². The smallest absolute Gasteiger partial charge is 0.221 e. The van der Waals surface area contributed by atoms with Crippen molar-refractivity contribution in [2.45, 2.75) is 26.2 Å². The van der Waals surface area contributed by atoms with Crippen LogP contribution in [0.3, 0.4) is 0 Å². The molecular weight excluding hydrogens is 152 g/mol. The Morgan fingerprint density at radius 1 is 1.50 bits per heavy atom. The molecule has 0 aliphatic heterocycles. The fourth-order valence-electron chi connectivity index (χ4n) is 1.12. The predicted molar refractivity (Wildman–Crippen MR) is 48.9 cm³/mol. The minimum absolute atomic E-state index is 0.154. The van der Waals surface area contributed by atoms with Crippen LogP contribution in [0.1, 0.15) is 26.2 Å². The first-order valence-electron chi connectivity index (χ1n) is 4.80. The molecule has 12 heavy (non-hydrogen) atoms. The normalized spacial score (nSPS) is 16.1. The van der Waals surface area contributed by atoms with Crippen molar-refractivity contribution in [3.05, 3.63) is 0 Å². The third kappa shape index (κ3) is 4.34. The van der Waals surface area contributed by atoms with Crippen molar-refractivity contribution >= 4 is 5.91 Å². The largest absolute Gasteiger partial charge is 0.356 e. The molecule has 1 amide bonds. The number of hydrogen-bond donors (Lipinski definition) is 2. The van der Waals surface area contributed by atoms with Gasteiger partial charge >= 0.3 is 0 Å². The molecule has 1 fully saturated rings. The van der Waals surface area contributed by atoms with Crippen molar-refractivity contribution in [2.24, 2.45) is 5.92 Å². The molecule has 0 saturated heterocycles. The Kier molecular flexibility index (Phi) is 4.08. The van der Waals surface area contributed by atoms with Gasteiger partial charge in [0.15, 0.2) is 0 Å². The lowest BCUT2D eigenvalue weighted by Crippen LogP contribution is -2.28. The molecule has 1 rings (SSSR count). The Hall–Kier alpha value is -0.570. The molecule has 0 atom stereocenters. The van der Waals surface area contributed by atoms with Gasteiger partial charge in [0.2, 0.25) is 5.91 Å². The first-order valence-corrected chi connectivity index (χ1v) is 4.80. The molecule has 1 saturated carbocycles. The summed E-state index contributed by atoms with van der Waals surface area (Å²) in [5, 5.41) is 6.05. The molecule has 3 nitrogen and oxygen atoms in total. The van der Waals surface area contributed by atoms with Gasteiger partial charge in [0.05, 0.1) is 0 Å². The van der Waals surface area contributed by atoms with Gasteiger partial charge in [-0.3, -0.25) is 4.79 Å². The number of rotatable bonds is 6. The number of amides is 1. The zero-order chi connectivity index (χ0) is 8.81. The summed E-state index contributed by atoms with van der Waals surface area (Å²) < 4.78 is 0. The van der Waals surface area contributed by atoms with Gasteiger partial charge in [0.1, 0.15) is 0 Å². The van der Waals surface area contributed by atoms with E-state index in [1.807, 2.05) is 6.92 Å². The van der Waals surface area contributed by atoms with E-state index in [1.54, 1.807) is 0 Å². The van der Waals surface area contributed by atoms with E-state index in [1.165, 1.54) is 12.8 Å². The van der Waals surface area contributed by atoms with Crippen LogP contribution < -0.4 is 10.6 Å². The van der Waals surface area contributed by atoms with E-state index in [2.05, 4.69) is 10.6 Å². The van der Waals surface area contributed by atoms with Gasteiger partial charge in [-0.05, 0) is 32.2 Å². The SMILES string of the molecule is CCNC(=O)CCNCC1CC1. The average Bonchev–Trinajstić information content (AvgIpc) is 2.82. The zero-order valence-corrected chi connectivity index (χ0v) is 7.73. The van der Waals surface area contributed by atoms with Crippen LogP contribution in [0.4, 0.5) is 0 Å². The van der Waals surface area contributed by atoms with Crippen molar-refractivity contribution in [1.29, 1.82) is 0 Å². The van der Waals surface area contributed by atoms with Crippen LogP contribution in [-0.4, -0.2) is 25.5 Å². The molecule has 0 aromatic heterocycles. The minimum Gasteiger partial charge on any atom is -0.356 e. The summed E-state index contributed by atoms with van der Waals surface area (Å²) in [4.78, 5) is 11.0. The van der Waals surface area contributed by atoms with E-state index in [0.717, 1.165) is 25.6 Å². The molecule has 0 radical (unpaired) electrons. The maximum atomic E-state index is 11.0. The molecule has 0 spiro atoms. The highest BCUT2D eigenvalue weighted by Gasteiger charge is 2.19. The summed E-state index contributed by atoms with van der Waals surface area (Å²) in [5.74, 6) is 1.06. The summed E-state index contributed by atoms with van der Waals surface area (Å²) in [6.07, 6.45) is 3.35. The Bertz CT molecular complexity index is 143. The first kappa shape index (κ1) is 9.52. The minimum atomic E-state index is 0.154. The first-order chi connectivity index (χ1) is 5.83. The highest BCUT2D eigenvalue weighted by atomic mass is 16.1. The summed E-state index contributed by atoms with van der Waals surface area (Å²) in [7, 11) is 0. The summed E-state index contributed by atoms with van der Waals surface area (Å²) in [6.45, 7) is 4.60. The summed E-state index contributed by atoms with van der Waals surface area (Å²) in [6, 6.07) is 0. The van der Waals surface area contributed by atoms with Gasteiger partial charge in [-0.1, -0.05) is 0 Å². The molecule has 0 aromatic carbocycles. The van der Waals surface area contributed by atoms with Gasteiger partial charge in [-0.15, -0.1) is 0 Å². The van der Waals surface area contributed by atoms with Gasteiger partial charge < -0.3 is 10.6 Å². The second-order valence-electron chi connectivity index (χ2n) is 3.35. The zero-order valence-electron chi connectivity index (χ0n) is 7.73. The molecular formula is C9H18N2O. The monoisotopic (exact) mass is 170 g/mol.